The third kappa shape index (κ3) is 1.56. The van der Waals surface area contributed by atoms with E-state index in [0.29, 0.717) is 5.41 Å². The highest BCUT2D eigenvalue weighted by Crippen LogP contribution is 2.56. The minimum absolute atomic E-state index is 0.279. The molecule has 0 aromatic heterocycles. The SMILES string of the molecule is CC12C=C(c3ccccc3Cl)CC1(C)CNC2. The Balaban J connectivity index is 2.03. The molecule has 2 unspecified atom stereocenters. The highest BCUT2D eigenvalue weighted by Gasteiger charge is 2.51. The maximum absolute atomic E-state index is 6.30. The number of fused-ring (bicyclic) bond motifs is 1. The first kappa shape index (κ1) is 11.3. The van der Waals surface area contributed by atoms with Crippen molar-refractivity contribution in [3.05, 3.63) is 40.9 Å². The van der Waals surface area contributed by atoms with Crippen molar-refractivity contribution in [2.75, 3.05) is 13.1 Å². The molecule has 1 aromatic rings. The zero-order chi connectivity index (χ0) is 12.1. The highest BCUT2D eigenvalue weighted by molar-refractivity contribution is 6.32. The van der Waals surface area contributed by atoms with Crippen LogP contribution in [0, 0.1) is 10.8 Å². The molecule has 1 N–H and O–H groups in total. The fourth-order valence-corrected chi connectivity index (χ4v) is 3.51. The van der Waals surface area contributed by atoms with E-state index in [4.69, 9.17) is 11.6 Å². The fourth-order valence-electron chi connectivity index (χ4n) is 3.25. The van der Waals surface area contributed by atoms with E-state index in [-0.39, 0.29) is 5.41 Å². The van der Waals surface area contributed by atoms with E-state index in [2.05, 4.69) is 37.4 Å². The Hall–Kier alpha value is -0.790. The first-order valence-corrected chi connectivity index (χ1v) is 6.59. The van der Waals surface area contributed by atoms with E-state index < -0.39 is 0 Å². The average Bonchev–Trinajstić information content (AvgIpc) is 2.67. The van der Waals surface area contributed by atoms with Gasteiger partial charge in [0.2, 0.25) is 0 Å². The van der Waals surface area contributed by atoms with Crippen molar-refractivity contribution in [3.8, 4) is 0 Å². The molecule has 17 heavy (non-hydrogen) atoms. The summed E-state index contributed by atoms with van der Waals surface area (Å²) in [6.45, 7) is 6.93. The maximum atomic E-state index is 6.30. The second-order valence-electron chi connectivity index (χ2n) is 5.91. The summed E-state index contributed by atoms with van der Waals surface area (Å²) in [6.07, 6.45) is 3.56. The van der Waals surface area contributed by atoms with E-state index in [0.717, 1.165) is 24.5 Å². The number of rotatable bonds is 1. The molecule has 3 rings (SSSR count). The molecule has 2 aliphatic rings. The molecule has 0 amide bonds. The van der Waals surface area contributed by atoms with Crippen molar-refractivity contribution in [1.82, 2.24) is 5.32 Å². The summed E-state index contributed by atoms with van der Waals surface area (Å²) in [5, 5.41) is 4.39. The smallest absolute Gasteiger partial charge is 0.0481 e. The summed E-state index contributed by atoms with van der Waals surface area (Å²) in [5.41, 5.74) is 3.26. The molecule has 1 fully saturated rings. The lowest BCUT2D eigenvalue weighted by molar-refractivity contribution is 0.219. The minimum atomic E-state index is 0.279. The van der Waals surface area contributed by atoms with Gasteiger partial charge in [0.1, 0.15) is 0 Å². The molecule has 0 radical (unpaired) electrons. The number of halogens is 1. The van der Waals surface area contributed by atoms with Crippen molar-refractivity contribution in [2.24, 2.45) is 10.8 Å². The van der Waals surface area contributed by atoms with Crippen molar-refractivity contribution in [2.45, 2.75) is 20.3 Å². The molecule has 1 aliphatic carbocycles. The van der Waals surface area contributed by atoms with Gasteiger partial charge in [0.05, 0.1) is 0 Å². The van der Waals surface area contributed by atoms with Crippen LogP contribution in [0.4, 0.5) is 0 Å². The summed E-state index contributed by atoms with van der Waals surface area (Å²) < 4.78 is 0. The largest absolute Gasteiger partial charge is 0.315 e. The molecule has 90 valence electrons. The van der Waals surface area contributed by atoms with Gasteiger partial charge in [-0.15, -0.1) is 0 Å². The van der Waals surface area contributed by atoms with Gasteiger partial charge in [-0.2, -0.15) is 0 Å². The molecule has 0 saturated carbocycles. The molecule has 1 saturated heterocycles. The quantitative estimate of drug-likeness (QED) is 0.797. The van der Waals surface area contributed by atoms with Crippen LogP contribution < -0.4 is 5.32 Å². The molecular weight excluding hydrogens is 230 g/mol. The summed E-state index contributed by atoms with van der Waals surface area (Å²) >= 11 is 6.30. The van der Waals surface area contributed by atoms with Crippen LogP contribution in [0.3, 0.4) is 0 Å². The van der Waals surface area contributed by atoms with Crippen LogP contribution in [0.25, 0.3) is 5.57 Å². The van der Waals surface area contributed by atoms with E-state index in [9.17, 15) is 0 Å². The predicted octanol–water partition coefficient (Wildman–Crippen LogP) is 3.74. The van der Waals surface area contributed by atoms with Gasteiger partial charge in [-0.3, -0.25) is 0 Å². The topological polar surface area (TPSA) is 12.0 Å². The van der Waals surface area contributed by atoms with Crippen molar-refractivity contribution in [1.29, 1.82) is 0 Å². The lowest BCUT2D eigenvalue weighted by atomic mass is 9.70. The number of hydrogen-bond donors (Lipinski definition) is 1. The first-order valence-electron chi connectivity index (χ1n) is 6.22. The Morgan fingerprint density at radius 3 is 2.65 bits per heavy atom. The molecule has 1 nitrogen and oxygen atoms in total. The number of allylic oxidation sites excluding steroid dienone is 1. The van der Waals surface area contributed by atoms with Crippen LogP contribution in [0.1, 0.15) is 25.8 Å². The van der Waals surface area contributed by atoms with Crippen molar-refractivity contribution < 1.29 is 0 Å². The van der Waals surface area contributed by atoms with Gasteiger partial charge < -0.3 is 5.32 Å². The molecule has 1 heterocycles. The summed E-state index contributed by atoms with van der Waals surface area (Å²) in [7, 11) is 0. The summed E-state index contributed by atoms with van der Waals surface area (Å²) in [4.78, 5) is 0. The zero-order valence-corrected chi connectivity index (χ0v) is 11.1. The second-order valence-corrected chi connectivity index (χ2v) is 6.32. The Bertz CT molecular complexity index is 493. The molecular formula is C15H18ClN. The third-order valence-electron chi connectivity index (χ3n) is 4.68. The standard InChI is InChI=1S/C15H18ClN/c1-14-7-11(8-15(14,2)10-17-9-14)12-5-3-4-6-13(12)16/h3-7,17H,8-10H2,1-2H3. The molecule has 1 aromatic carbocycles. The van der Waals surface area contributed by atoms with Crippen LogP contribution in [0.2, 0.25) is 5.02 Å². The molecule has 0 bridgehead atoms. The normalized spacial score (nSPS) is 35.8. The lowest BCUT2D eigenvalue weighted by Gasteiger charge is -2.32. The van der Waals surface area contributed by atoms with Crippen LogP contribution in [0.5, 0.6) is 0 Å². The minimum Gasteiger partial charge on any atom is -0.315 e. The molecule has 1 aliphatic heterocycles. The summed E-state index contributed by atoms with van der Waals surface area (Å²) in [5.74, 6) is 0. The van der Waals surface area contributed by atoms with Crippen LogP contribution in [0.15, 0.2) is 30.3 Å². The number of benzene rings is 1. The van der Waals surface area contributed by atoms with Gasteiger partial charge >= 0.3 is 0 Å². The first-order chi connectivity index (χ1) is 8.04. The Morgan fingerprint density at radius 2 is 1.94 bits per heavy atom. The molecule has 0 spiro atoms. The summed E-state index contributed by atoms with van der Waals surface area (Å²) in [6, 6.07) is 8.18. The van der Waals surface area contributed by atoms with E-state index in [1.165, 1.54) is 11.1 Å². The Labute approximate surface area is 108 Å². The van der Waals surface area contributed by atoms with Crippen LogP contribution in [-0.2, 0) is 0 Å². The van der Waals surface area contributed by atoms with Crippen molar-refractivity contribution in [3.63, 3.8) is 0 Å². The third-order valence-corrected chi connectivity index (χ3v) is 5.01. The number of nitrogens with one attached hydrogen (secondary N) is 1. The maximum Gasteiger partial charge on any atom is 0.0481 e. The Morgan fingerprint density at radius 1 is 1.18 bits per heavy atom. The van der Waals surface area contributed by atoms with Gasteiger partial charge in [0, 0.05) is 23.5 Å². The number of hydrogen-bond acceptors (Lipinski definition) is 1. The van der Waals surface area contributed by atoms with Gasteiger partial charge in [-0.05, 0) is 29.0 Å². The average molecular weight is 248 g/mol. The van der Waals surface area contributed by atoms with Crippen LogP contribution >= 0.6 is 11.6 Å². The zero-order valence-electron chi connectivity index (χ0n) is 10.4. The highest BCUT2D eigenvalue weighted by atomic mass is 35.5. The van der Waals surface area contributed by atoms with Crippen molar-refractivity contribution >= 4 is 17.2 Å². The van der Waals surface area contributed by atoms with Crippen LogP contribution in [-0.4, -0.2) is 13.1 Å². The van der Waals surface area contributed by atoms with Gasteiger partial charge in [-0.1, -0.05) is 49.7 Å². The van der Waals surface area contributed by atoms with Gasteiger partial charge in [0.15, 0.2) is 0 Å². The molecule has 2 atom stereocenters. The van der Waals surface area contributed by atoms with Gasteiger partial charge in [0.25, 0.3) is 0 Å². The lowest BCUT2D eigenvalue weighted by Crippen LogP contribution is -2.30. The van der Waals surface area contributed by atoms with E-state index in [1.54, 1.807) is 0 Å². The Kier molecular flexibility index (Phi) is 2.39. The predicted molar refractivity (Wildman–Crippen MR) is 73.1 cm³/mol. The molecule has 2 heteroatoms. The van der Waals surface area contributed by atoms with E-state index >= 15 is 0 Å². The fraction of sp³-hybridized carbons (Fsp3) is 0.467. The van der Waals surface area contributed by atoms with E-state index in [1.807, 2.05) is 12.1 Å². The van der Waals surface area contributed by atoms with Gasteiger partial charge in [-0.25, -0.2) is 0 Å². The monoisotopic (exact) mass is 247 g/mol. The second kappa shape index (κ2) is 3.60.